The first kappa shape index (κ1) is 22.8. The minimum Gasteiger partial charge on any atom is -0.355 e. The van der Waals surface area contributed by atoms with Gasteiger partial charge in [0.1, 0.15) is 5.03 Å². The Labute approximate surface area is 202 Å². The molecule has 2 aromatic carbocycles. The number of carbonyl (C=O) groups excluding carboxylic acids is 1. The molecule has 0 spiro atoms. The second-order valence-corrected chi connectivity index (χ2v) is 10.1. The van der Waals surface area contributed by atoms with Gasteiger partial charge in [-0.15, -0.1) is 10.2 Å². The van der Waals surface area contributed by atoms with E-state index in [-0.39, 0.29) is 11.8 Å². The van der Waals surface area contributed by atoms with Gasteiger partial charge in [-0.3, -0.25) is 4.79 Å². The number of anilines is 1. The summed E-state index contributed by atoms with van der Waals surface area (Å²) >= 11 is 5.05. The molecule has 1 amide bonds. The molecule has 1 aliphatic heterocycles. The lowest BCUT2D eigenvalue weighted by Gasteiger charge is -2.32. The van der Waals surface area contributed by atoms with Gasteiger partial charge < -0.3 is 10.2 Å². The molecule has 1 fully saturated rings. The van der Waals surface area contributed by atoms with Crippen molar-refractivity contribution in [3.8, 4) is 0 Å². The quantitative estimate of drug-likeness (QED) is 0.452. The molecule has 1 saturated heterocycles. The van der Waals surface area contributed by atoms with Crippen molar-refractivity contribution in [2.45, 2.75) is 35.6 Å². The van der Waals surface area contributed by atoms with Crippen molar-refractivity contribution >= 4 is 39.4 Å². The Morgan fingerprint density at radius 2 is 1.78 bits per heavy atom. The minimum absolute atomic E-state index is 0.0643. The van der Waals surface area contributed by atoms with E-state index in [1.165, 1.54) is 5.56 Å². The Bertz CT molecular complexity index is 1010. The summed E-state index contributed by atoms with van der Waals surface area (Å²) in [5, 5.41) is 12.8. The third-order valence-electron chi connectivity index (χ3n) is 5.80. The molecule has 0 saturated carbocycles. The monoisotopic (exact) mass is 510 g/mol. The van der Waals surface area contributed by atoms with Crippen molar-refractivity contribution in [3.05, 3.63) is 76.8 Å². The average Bonchev–Trinajstić information content (AvgIpc) is 2.85. The van der Waals surface area contributed by atoms with Crippen molar-refractivity contribution in [2.24, 2.45) is 5.92 Å². The van der Waals surface area contributed by atoms with Crippen LogP contribution in [0.5, 0.6) is 0 Å². The van der Waals surface area contributed by atoms with Crippen LogP contribution in [0.15, 0.2) is 81.1 Å². The van der Waals surface area contributed by atoms with E-state index in [4.69, 9.17) is 0 Å². The lowest BCUT2D eigenvalue weighted by Crippen LogP contribution is -2.41. The van der Waals surface area contributed by atoms with Crippen LogP contribution in [0.1, 0.15) is 31.2 Å². The van der Waals surface area contributed by atoms with Gasteiger partial charge in [0.05, 0.1) is 0 Å². The van der Waals surface area contributed by atoms with Crippen LogP contribution in [0.2, 0.25) is 0 Å². The molecule has 0 radical (unpaired) electrons. The van der Waals surface area contributed by atoms with Crippen LogP contribution in [0.3, 0.4) is 0 Å². The number of carbonyl (C=O) groups is 1. The topological polar surface area (TPSA) is 58.1 Å². The Hall–Kier alpha value is -2.38. The zero-order valence-electron chi connectivity index (χ0n) is 18.1. The van der Waals surface area contributed by atoms with E-state index < -0.39 is 0 Å². The summed E-state index contributed by atoms with van der Waals surface area (Å²) in [6, 6.07) is 22.5. The van der Waals surface area contributed by atoms with Gasteiger partial charge >= 0.3 is 0 Å². The van der Waals surface area contributed by atoms with E-state index in [0.717, 1.165) is 46.1 Å². The van der Waals surface area contributed by atoms with Crippen LogP contribution < -0.4 is 10.2 Å². The molecule has 1 atom stereocenters. The molecule has 5 nitrogen and oxygen atoms in total. The fourth-order valence-electron chi connectivity index (χ4n) is 3.83. The molecule has 32 heavy (non-hydrogen) atoms. The Morgan fingerprint density at radius 1 is 1.06 bits per heavy atom. The normalized spacial score (nSPS) is 15.4. The first-order chi connectivity index (χ1) is 15.6. The molecule has 4 rings (SSSR count). The van der Waals surface area contributed by atoms with Crippen LogP contribution in [0, 0.1) is 5.92 Å². The van der Waals surface area contributed by atoms with E-state index >= 15 is 0 Å². The summed E-state index contributed by atoms with van der Waals surface area (Å²) in [6.07, 6.45) is 1.67. The predicted octanol–water partition coefficient (Wildman–Crippen LogP) is 5.53. The molecule has 1 aromatic heterocycles. The number of piperidine rings is 1. The van der Waals surface area contributed by atoms with Crippen LogP contribution in [0.25, 0.3) is 0 Å². The van der Waals surface area contributed by atoms with Crippen LogP contribution >= 0.6 is 27.7 Å². The van der Waals surface area contributed by atoms with Gasteiger partial charge in [0, 0.05) is 34.9 Å². The number of hydrogen-bond donors (Lipinski definition) is 1. The second kappa shape index (κ2) is 11.0. The molecule has 7 heteroatoms. The smallest absolute Gasteiger partial charge is 0.223 e. The van der Waals surface area contributed by atoms with Crippen LogP contribution in [-0.4, -0.2) is 35.7 Å². The summed E-state index contributed by atoms with van der Waals surface area (Å²) in [7, 11) is 0. The first-order valence-electron chi connectivity index (χ1n) is 10.9. The maximum absolute atomic E-state index is 12.7. The van der Waals surface area contributed by atoms with E-state index in [9.17, 15) is 4.79 Å². The highest BCUT2D eigenvalue weighted by Crippen LogP contribution is 2.28. The van der Waals surface area contributed by atoms with Crippen molar-refractivity contribution in [1.29, 1.82) is 0 Å². The summed E-state index contributed by atoms with van der Waals surface area (Å²) in [6.45, 7) is 4.46. The molecule has 0 bridgehead atoms. The van der Waals surface area contributed by atoms with Crippen molar-refractivity contribution in [3.63, 3.8) is 0 Å². The third kappa shape index (κ3) is 6.11. The van der Waals surface area contributed by atoms with E-state index in [1.54, 1.807) is 11.8 Å². The van der Waals surface area contributed by atoms with Gasteiger partial charge in [-0.2, -0.15) is 0 Å². The van der Waals surface area contributed by atoms with Gasteiger partial charge in [0.15, 0.2) is 5.82 Å². The van der Waals surface area contributed by atoms with Gasteiger partial charge in [0.2, 0.25) is 5.91 Å². The fraction of sp³-hybridized carbons (Fsp3) is 0.320. The third-order valence-corrected chi connectivity index (χ3v) is 7.27. The van der Waals surface area contributed by atoms with Gasteiger partial charge in [-0.1, -0.05) is 64.9 Å². The predicted molar refractivity (Wildman–Crippen MR) is 133 cm³/mol. The van der Waals surface area contributed by atoms with Crippen molar-refractivity contribution in [2.75, 3.05) is 24.5 Å². The Kier molecular flexibility index (Phi) is 7.81. The second-order valence-electron chi connectivity index (χ2n) is 8.10. The lowest BCUT2D eigenvalue weighted by atomic mass is 9.95. The summed E-state index contributed by atoms with van der Waals surface area (Å²) in [5.41, 5.74) is 1.25. The fourth-order valence-corrected chi connectivity index (χ4v) is 4.82. The number of aromatic nitrogens is 2. The number of amides is 1. The van der Waals surface area contributed by atoms with E-state index in [1.807, 2.05) is 42.5 Å². The van der Waals surface area contributed by atoms with Crippen molar-refractivity contribution in [1.82, 2.24) is 15.5 Å². The lowest BCUT2D eigenvalue weighted by molar-refractivity contribution is -0.125. The number of rotatable bonds is 7. The Balaban J connectivity index is 1.24. The highest BCUT2D eigenvalue weighted by Gasteiger charge is 2.26. The molecule has 0 unspecified atom stereocenters. The highest BCUT2D eigenvalue weighted by atomic mass is 79.9. The number of hydrogen-bond acceptors (Lipinski definition) is 5. The summed E-state index contributed by atoms with van der Waals surface area (Å²) in [5.74, 6) is 1.42. The largest absolute Gasteiger partial charge is 0.355 e. The van der Waals surface area contributed by atoms with Gasteiger partial charge in [-0.25, -0.2) is 0 Å². The summed E-state index contributed by atoms with van der Waals surface area (Å²) in [4.78, 5) is 16.0. The molecular weight excluding hydrogens is 484 g/mol. The van der Waals surface area contributed by atoms with Gasteiger partial charge in [-0.05, 0) is 60.7 Å². The number of nitrogens with zero attached hydrogens (tertiary/aromatic N) is 3. The minimum atomic E-state index is 0.0643. The molecule has 166 valence electrons. The number of benzene rings is 2. The first-order valence-corrected chi connectivity index (χ1v) is 12.5. The molecule has 0 aliphatic carbocycles. The SMILES string of the molecule is C[C@H](CNC(=O)C1CCN(c2ccc(Sc3ccc(Br)cc3)nn2)CC1)c1ccccc1. The maximum atomic E-state index is 12.7. The Morgan fingerprint density at radius 3 is 2.44 bits per heavy atom. The molecule has 3 aromatic rings. The molecule has 1 N–H and O–H groups in total. The van der Waals surface area contributed by atoms with Crippen LogP contribution in [0.4, 0.5) is 5.82 Å². The zero-order chi connectivity index (χ0) is 22.3. The molecule has 1 aliphatic rings. The number of nitrogens with one attached hydrogen (secondary N) is 1. The number of halogens is 1. The summed E-state index contributed by atoms with van der Waals surface area (Å²) < 4.78 is 1.06. The van der Waals surface area contributed by atoms with E-state index in [2.05, 4.69) is 67.5 Å². The van der Waals surface area contributed by atoms with Crippen LogP contribution in [-0.2, 0) is 4.79 Å². The average molecular weight is 511 g/mol. The molecular formula is C25H27BrN4OS. The van der Waals surface area contributed by atoms with Crippen molar-refractivity contribution < 1.29 is 4.79 Å². The zero-order valence-corrected chi connectivity index (χ0v) is 20.5. The van der Waals surface area contributed by atoms with E-state index in [0.29, 0.717) is 12.5 Å². The maximum Gasteiger partial charge on any atom is 0.223 e. The van der Waals surface area contributed by atoms with Gasteiger partial charge in [0.25, 0.3) is 0 Å². The highest BCUT2D eigenvalue weighted by molar-refractivity contribution is 9.10. The standard InChI is InChI=1S/C25H27BrN4OS/c1-18(19-5-3-2-4-6-19)17-27-25(31)20-13-15-30(16-14-20)23-11-12-24(29-28-23)32-22-9-7-21(26)8-10-22/h2-12,18,20H,13-17H2,1H3,(H,27,31)/t18-/m1/s1. The molecule has 2 heterocycles.